The third-order valence-corrected chi connectivity index (χ3v) is 6.19. The number of carbonyl (C=O) groups excluding carboxylic acids is 2. The van der Waals surface area contributed by atoms with Crippen molar-refractivity contribution in [3.05, 3.63) is 81.7 Å². The molecule has 0 unspecified atom stereocenters. The molecule has 0 bridgehead atoms. The largest absolute Gasteiger partial charge is 0.369 e. The number of amides is 3. The molecule has 0 saturated heterocycles. The molecule has 0 spiro atoms. The maximum atomic E-state index is 12.7. The highest BCUT2D eigenvalue weighted by atomic mass is 35.5. The number of aromatic nitrogens is 2. The molecule has 0 aliphatic carbocycles. The predicted molar refractivity (Wildman–Crippen MR) is 129 cm³/mol. The summed E-state index contributed by atoms with van der Waals surface area (Å²) in [6.07, 6.45) is 0.147. The second-order valence-corrected chi connectivity index (χ2v) is 8.53. The van der Waals surface area contributed by atoms with E-state index in [4.69, 9.17) is 28.9 Å². The number of halogens is 2. The minimum Gasteiger partial charge on any atom is -0.369 e. The highest BCUT2D eigenvalue weighted by Crippen LogP contribution is 2.31. The summed E-state index contributed by atoms with van der Waals surface area (Å²) in [7, 11) is 0. The zero-order valence-electron chi connectivity index (χ0n) is 16.5. The summed E-state index contributed by atoms with van der Waals surface area (Å²) in [6, 6.07) is 17.3. The summed E-state index contributed by atoms with van der Waals surface area (Å²) in [5, 5.41) is 12.7. The second kappa shape index (κ2) is 9.44. The van der Waals surface area contributed by atoms with E-state index in [0.29, 0.717) is 27.9 Å². The van der Waals surface area contributed by atoms with Crippen LogP contribution in [-0.4, -0.2) is 21.7 Å². The fourth-order valence-corrected chi connectivity index (χ4v) is 4.07. The summed E-state index contributed by atoms with van der Waals surface area (Å²) >= 11 is 13.7. The number of hydrogen-bond donors (Lipinski definition) is 3. The number of thiophene rings is 1. The van der Waals surface area contributed by atoms with Gasteiger partial charge in [-0.3, -0.25) is 10.1 Å². The van der Waals surface area contributed by atoms with Crippen molar-refractivity contribution in [1.29, 1.82) is 0 Å². The van der Waals surface area contributed by atoms with Gasteiger partial charge in [0.05, 0.1) is 32.7 Å². The zero-order valence-corrected chi connectivity index (χ0v) is 18.8. The molecule has 7 nitrogen and oxygen atoms in total. The second-order valence-electron chi connectivity index (χ2n) is 6.79. The first kappa shape index (κ1) is 21.9. The Hall–Kier alpha value is -3.33. The third kappa shape index (κ3) is 4.94. The minimum absolute atomic E-state index is 0.147. The number of nitrogens with one attached hydrogen (secondary N) is 2. The molecule has 2 aromatic carbocycles. The molecule has 0 aliphatic heterocycles. The van der Waals surface area contributed by atoms with Crippen LogP contribution in [0, 0.1) is 0 Å². The molecule has 162 valence electrons. The number of urea groups is 1. The van der Waals surface area contributed by atoms with Gasteiger partial charge in [0.2, 0.25) is 5.91 Å². The Bertz CT molecular complexity index is 1270. The Balaban J connectivity index is 1.63. The number of nitrogens with two attached hydrogens (primary N) is 1. The molecule has 4 aromatic rings. The van der Waals surface area contributed by atoms with Gasteiger partial charge in [-0.05, 0) is 41.3 Å². The normalized spacial score (nSPS) is 10.7. The van der Waals surface area contributed by atoms with E-state index in [-0.39, 0.29) is 11.4 Å². The Labute approximate surface area is 197 Å². The number of hydrogen-bond acceptors (Lipinski definition) is 4. The summed E-state index contributed by atoms with van der Waals surface area (Å²) < 4.78 is 1.61. The van der Waals surface area contributed by atoms with Gasteiger partial charge in [0, 0.05) is 6.07 Å². The molecule has 3 amide bonds. The van der Waals surface area contributed by atoms with E-state index in [1.807, 2.05) is 17.5 Å². The lowest BCUT2D eigenvalue weighted by atomic mass is 10.1. The lowest BCUT2D eigenvalue weighted by Crippen LogP contribution is -2.21. The van der Waals surface area contributed by atoms with E-state index in [9.17, 15) is 9.59 Å². The van der Waals surface area contributed by atoms with E-state index >= 15 is 0 Å². The Kier molecular flexibility index (Phi) is 6.45. The molecule has 4 N–H and O–H groups in total. The maximum Gasteiger partial charge on any atom is 0.324 e. The number of benzene rings is 2. The number of carbonyl (C=O) groups is 2. The predicted octanol–water partition coefficient (Wildman–Crippen LogP) is 5.58. The van der Waals surface area contributed by atoms with Crippen LogP contribution >= 0.6 is 34.5 Å². The summed E-state index contributed by atoms with van der Waals surface area (Å²) in [5.74, 6) is 0.0437. The Morgan fingerprint density at radius 2 is 1.81 bits per heavy atom. The van der Waals surface area contributed by atoms with E-state index in [0.717, 1.165) is 10.4 Å². The van der Waals surface area contributed by atoms with E-state index in [1.54, 1.807) is 53.2 Å². The van der Waals surface area contributed by atoms with Crippen LogP contribution in [0.2, 0.25) is 10.0 Å². The number of rotatable bonds is 6. The van der Waals surface area contributed by atoms with Crippen LogP contribution in [0.3, 0.4) is 0 Å². The highest BCUT2D eigenvalue weighted by molar-refractivity contribution is 7.13. The molecule has 0 aliphatic rings. The van der Waals surface area contributed by atoms with Crippen molar-refractivity contribution in [2.24, 2.45) is 5.73 Å². The summed E-state index contributed by atoms with van der Waals surface area (Å²) in [6.45, 7) is 0. The first-order chi connectivity index (χ1) is 15.4. The van der Waals surface area contributed by atoms with Gasteiger partial charge in [0.1, 0.15) is 11.5 Å². The van der Waals surface area contributed by atoms with Gasteiger partial charge in [-0.2, -0.15) is 5.10 Å². The van der Waals surface area contributed by atoms with Crippen molar-refractivity contribution < 1.29 is 9.59 Å². The number of primary amides is 1. The van der Waals surface area contributed by atoms with Crippen molar-refractivity contribution in [3.8, 4) is 16.3 Å². The molecule has 0 saturated carbocycles. The first-order valence-electron chi connectivity index (χ1n) is 9.44. The van der Waals surface area contributed by atoms with Crippen molar-refractivity contribution in [3.63, 3.8) is 0 Å². The molecule has 2 aromatic heterocycles. The average Bonchev–Trinajstić information content (AvgIpc) is 3.42. The third-order valence-electron chi connectivity index (χ3n) is 4.48. The Morgan fingerprint density at radius 3 is 2.50 bits per heavy atom. The van der Waals surface area contributed by atoms with Crippen LogP contribution in [0.5, 0.6) is 0 Å². The van der Waals surface area contributed by atoms with Gasteiger partial charge in [-0.15, -0.1) is 11.3 Å². The van der Waals surface area contributed by atoms with Crippen LogP contribution in [0.25, 0.3) is 16.3 Å². The molecule has 0 radical (unpaired) electrons. The summed E-state index contributed by atoms with van der Waals surface area (Å²) in [4.78, 5) is 24.8. The highest BCUT2D eigenvalue weighted by Gasteiger charge is 2.16. The molecular weight excluding hydrogens is 469 g/mol. The first-order valence-corrected chi connectivity index (χ1v) is 11.1. The van der Waals surface area contributed by atoms with Crippen molar-refractivity contribution in [2.45, 2.75) is 6.42 Å². The lowest BCUT2D eigenvalue weighted by molar-refractivity contribution is -0.117. The molecule has 10 heteroatoms. The van der Waals surface area contributed by atoms with Gasteiger partial charge in [0.25, 0.3) is 0 Å². The maximum absolute atomic E-state index is 12.7. The van der Waals surface area contributed by atoms with E-state index in [1.165, 1.54) is 11.3 Å². The van der Waals surface area contributed by atoms with Crippen LogP contribution in [-0.2, 0) is 11.2 Å². The zero-order chi connectivity index (χ0) is 22.7. The van der Waals surface area contributed by atoms with Crippen LogP contribution in [0.1, 0.15) is 5.56 Å². The van der Waals surface area contributed by atoms with E-state index < -0.39 is 11.9 Å². The molecule has 0 atom stereocenters. The smallest absolute Gasteiger partial charge is 0.324 e. The SMILES string of the molecule is NC(=O)Cc1ccc(-n2nc(-c3cccs3)cc2NC(=O)Nc2cccc(Cl)c2Cl)cc1. The van der Waals surface area contributed by atoms with Crippen molar-refractivity contribution in [1.82, 2.24) is 9.78 Å². The van der Waals surface area contributed by atoms with Gasteiger partial charge >= 0.3 is 6.03 Å². The van der Waals surface area contributed by atoms with Gasteiger partial charge in [0.15, 0.2) is 0 Å². The standard InChI is InChI=1S/C22H17Cl2N5O2S/c23-15-3-1-4-16(21(15)24)26-22(31)27-20-12-17(18-5-2-10-32-18)28-29(20)14-8-6-13(7-9-14)11-19(25)30/h1-10,12H,11H2,(H2,25,30)(H2,26,27,31). The van der Waals surface area contributed by atoms with Crippen LogP contribution in [0.4, 0.5) is 16.3 Å². The van der Waals surface area contributed by atoms with Gasteiger partial charge in [-0.1, -0.05) is 47.5 Å². The molecule has 2 heterocycles. The molecular formula is C22H17Cl2N5O2S. The fraction of sp³-hybridized carbons (Fsp3) is 0.0455. The lowest BCUT2D eigenvalue weighted by Gasteiger charge is -2.11. The molecule has 32 heavy (non-hydrogen) atoms. The monoisotopic (exact) mass is 485 g/mol. The molecule has 0 fully saturated rings. The van der Waals surface area contributed by atoms with E-state index in [2.05, 4.69) is 15.7 Å². The molecule has 4 rings (SSSR count). The van der Waals surface area contributed by atoms with Gasteiger partial charge in [-0.25, -0.2) is 9.48 Å². The quantitative estimate of drug-likeness (QED) is 0.332. The summed E-state index contributed by atoms with van der Waals surface area (Å²) in [5.41, 5.74) is 7.85. The van der Waals surface area contributed by atoms with Gasteiger partial charge < -0.3 is 11.1 Å². The Morgan fingerprint density at radius 1 is 1.03 bits per heavy atom. The van der Waals surface area contributed by atoms with Crippen molar-refractivity contribution in [2.75, 3.05) is 10.6 Å². The fourth-order valence-electron chi connectivity index (χ4n) is 3.04. The number of anilines is 2. The number of nitrogens with zero attached hydrogens (tertiary/aromatic N) is 2. The average molecular weight is 486 g/mol. The van der Waals surface area contributed by atoms with Crippen LogP contribution in [0.15, 0.2) is 66.0 Å². The van der Waals surface area contributed by atoms with Crippen LogP contribution < -0.4 is 16.4 Å². The minimum atomic E-state index is -0.501. The van der Waals surface area contributed by atoms with Crippen molar-refractivity contribution >= 4 is 58.0 Å². The topological polar surface area (TPSA) is 102 Å².